The minimum Gasteiger partial charge on any atom is -0.494 e. The topological polar surface area (TPSA) is 61.8 Å². The molecule has 0 fully saturated rings. The second-order valence-corrected chi connectivity index (χ2v) is 7.11. The van der Waals surface area contributed by atoms with E-state index in [2.05, 4.69) is 6.58 Å². The maximum atomic E-state index is 12.6. The van der Waals surface area contributed by atoms with Gasteiger partial charge in [-0.2, -0.15) is 13.2 Å². The fourth-order valence-electron chi connectivity index (χ4n) is 2.60. The molecular formula is C24H25F3O5. The predicted octanol–water partition coefficient (Wildman–Crippen LogP) is 5.98. The monoisotopic (exact) mass is 450 g/mol. The van der Waals surface area contributed by atoms with Crippen molar-refractivity contribution in [2.24, 2.45) is 0 Å². The van der Waals surface area contributed by atoms with E-state index in [1.165, 1.54) is 12.1 Å². The Balaban J connectivity index is 1.67. The van der Waals surface area contributed by atoms with Gasteiger partial charge in [-0.05, 0) is 81.1 Å². The molecule has 0 saturated heterocycles. The molecule has 0 heterocycles. The van der Waals surface area contributed by atoms with E-state index in [4.69, 9.17) is 14.2 Å². The van der Waals surface area contributed by atoms with E-state index in [0.717, 1.165) is 49.9 Å². The van der Waals surface area contributed by atoms with Crippen molar-refractivity contribution in [3.63, 3.8) is 0 Å². The Morgan fingerprint density at radius 3 is 1.97 bits per heavy atom. The van der Waals surface area contributed by atoms with Crippen LogP contribution in [-0.4, -0.2) is 25.2 Å². The summed E-state index contributed by atoms with van der Waals surface area (Å²) in [5, 5.41) is 0. The average Bonchev–Trinajstić information content (AvgIpc) is 2.75. The Hall–Kier alpha value is -3.29. The third-order valence-corrected chi connectivity index (χ3v) is 4.37. The Morgan fingerprint density at radius 1 is 0.844 bits per heavy atom. The van der Waals surface area contributed by atoms with Gasteiger partial charge in [-0.15, -0.1) is 0 Å². The predicted molar refractivity (Wildman–Crippen MR) is 113 cm³/mol. The highest BCUT2D eigenvalue weighted by Crippen LogP contribution is 2.30. The first kappa shape index (κ1) is 25.0. The number of benzene rings is 2. The van der Waals surface area contributed by atoms with Crippen LogP contribution in [0.15, 0.2) is 60.7 Å². The molecule has 0 aliphatic heterocycles. The van der Waals surface area contributed by atoms with Crippen molar-refractivity contribution in [3.8, 4) is 11.5 Å². The zero-order chi connectivity index (χ0) is 23.6. The summed E-state index contributed by atoms with van der Waals surface area (Å²) in [5.41, 5.74) is -0.177. The standard InChI is InChI=1S/C24H25F3O5/c1-17(2)22(28)31-16-6-4-3-5-15-30-20-11-7-18(8-12-20)23(29)32-21-13-9-19(10-14-21)24(25,26)27/h7-14H,1,3-6,15-16H2,2H3. The van der Waals surface area contributed by atoms with Gasteiger partial charge < -0.3 is 14.2 Å². The number of unbranched alkanes of at least 4 members (excludes halogenated alkanes) is 3. The number of carbonyl (C=O) groups excluding carboxylic acids is 2. The van der Waals surface area contributed by atoms with Crippen molar-refractivity contribution in [3.05, 3.63) is 71.8 Å². The fraction of sp³-hybridized carbons (Fsp3) is 0.333. The number of rotatable bonds is 11. The lowest BCUT2D eigenvalue weighted by atomic mass is 10.2. The van der Waals surface area contributed by atoms with Gasteiger partial charge in [-0.1, -0.05) is 6.58 Å². The highest BCUT2D eigenvalue weighted by molar-refractivity contribution is 5.91. The molecular weight excluding hydrogens is 425 g/mol. The zero-order valence-electron chi connectivity index (χ0n) is 17.7. The SMILES string of the molecule is C=C(C)C(=O)OCCCCCCOc1ccc(C(=O)Oc2ccc(C(F)(F)F)cc2)cc1. The highest BCUT2D eigenvalue weighted by Gasteiger charge is 2.30. The molecule has 2 aromatic rings. The molecule has 5 nitrogen and oxygen atoms in total. The van der Waals surface area contributed by atoms with Crippen LogP contribution in [0.4, 0.5) is 13.2 Å². The van der Waals surface area contributed by atoms with Crippen LogP contribution in [0.5, 0.6) is 11.5 Å². The van der Waals surface area contributed by atoms with Gasteiger partial charge in [0.1, 0.15) is 11.5 Å². The van der Waals surface area contributed by atoms with Crippen LogP contribution in [0.1, 0.15) is 48.5 Å². The van der Waals surface area contributed by atoms with E-state index >= 15 is 0 Å². The third-order valence-electron chi connectivity index (χ3n) is 4.37. The Bertz CT molecular complexity index is 903. The van der Waals surface area contributed by atoms with Crippen molar-refractivity contribution >= 4 is 11.9 Å². The number of hydrogen-bond donors (Lipinski definition) is 0. The summed E-state index contributed by atoms with van der Waals surface area (Å²) in [6.07, 6.45) is -1.03. The molecule has 172 valence electrons. The fourth-order valence-corrected chi connectivity index (χ4v) is 2.60. The maximum absolute atomic E-state index is 12.6. The van der Waals surface area contributed by atoms with Gasteiger partial charge in [0.05, 0.1) is 24.3 Å². The molecule has 0 saturated carbocycles. The zero-order valence-corrected chi connectivity index (χ0v) is 17.7. The number of carbonyl (C=O) groups is 2. The van der Waals surface area contributed by atoms with Crippen molar-refractivity contribution in [1.29, 1.82) is 0 Å². The van der Waals surface area contributed by atoms with E-state index in [1.54, 1.807) is 19.1 Å². The molecule has 0 radical (unpaired) electrons. The average molecular weight is 450 g/mol. The van der Waals surface area contributed by atoms with Crippen molar-refractivity contribution in [2.45, 2.75) is 38.8 Å². The summed E-state index contributed by atoms with van der Waals surface area (Å²) in [5.74, 6) is -0.437. The minimum absolute atomic E-state index is 0.0257. The molecule has 2 rings (SSSR count). The molecule has 0 amide bonds. The van der Waals surface area contributed by atoms with E-state index in [9.17, 15) is 22.8 Å². The summed E-state index contributed by atoms with van der Waals surface area (Å²) in [6.45, 7) is 5.99. The van der Waals surface area contributed by atoms with Gasteiger partial charge in [0.2, 0.25) is 0 Å². The normalized spacial score (nSPS) is 11.0. The van der Waals surface area contributed by atoms with Gasteiger partial charge in [-0.25, -0.2) is 9.59 Å². The van der Waals surface area contributed by atoms with E-state index in [1.807, 2.05) is 0 Å². The first-order valence-corrected chi connectivity index (χ1v) is 10.1. The first-order chi connectivity index (χ1) is 15.2. The quantitative estimate of drug-likeness (QED) is 0.182. The molecule has 0 unspecified atom stereocenters. The van der Waals surface area contributed by atoms with E-state index < -0.39 is 17.7 Å². The van der Waals surface area contributed by atoms with E-state index in [-0.39, 0.29) is 17.3 Å². The van der Waals surface area contributed by atoms with Crippen LogP contribution in [0, 0.1) is 0 Å². The maximum Gasteiger partial charge on any atom is 0.416 e. The minimum atomic E-state index is -4.45. The Labute approximate surface area is 184 Å². The lowest BCUT2D eigenvalue weighted by Crippen LogP contribution is -2.09. The van der Waals surface area contributed by atoms with Crippen molar-refractivity contribution < 1.29 is 37.0 Å². The summed E-state index contributed by atoms with van der Waals surface area (Å²) >= 11 is 0. The smallest absolute Gasteiger partial charge is 0.416 e. The number of ether oxygens (including phenoxy) is 3. The molecule has 0 aromatic heterocycles. The Morgan fingerprint density at radius 2 is 1.41 bits per heavy atom. The summed E-state index contributed by atoms with van der Waals surface area (Å²) in [4.78, 5) is 23.4. The molecule has 0 bridgehead atoms. The number of alkyl halides is 3. The van der Waals surface area contributed by atoms with Crippen LogP contribution < -0.4 is 9.47 Å². The molecule has 0 N–H and O–H groups in total. The lowest BCUT2D eigenvalue weighted by molar-refractivity contribution is -0.139. The number of esters is 2. The molecule has 0 atom stereocenters. The molecule has 0 aliphatic rings. The van der Waals surface area contributed by atoms with Gasteiger partial charge >= 0.3 is 18.1 Å². The van der Waals surface area contributed by atoms with Crippen LogP contribution in [0.2, 0.25) is 0 Å². The third kappa shape index (κ3) is 8.45. The van der Waals surface area contributed by atoms with Gasteiger partial charge in [-0.3, -0.25) is 0 Å². The second kappa shape index (κ2) is 11.9. The molecule has 0 spiro atoms. The van der Waals surface area contributed by atoms with Crippen LogP contribution in [0.3, 0.4) is 0 Å². The largest absolute Gasteiger partial charge is 0.494 e. The highest BCUT2D eigenvalue weighted by atomic mass is 19.4. The molecule has 2 aromatic carbocycles. The summed E-state index contributed by atoms with van der Waals surface area (Å²) < 4.78 is 53.5. The first-order valence-electron chi connectivity index (χ1n) is 10.1. The number of hydrogen-bond acceptors (Lipinski definition) is 5. The van der Waals surface area contributed by atoms with Crippen molar-refractivity contribution in [2.75, 3.05) is 13.2 Å². The molecule has 0 aliphatic carbocycles. The molecule has 8 heteroatoms. The summed E-state index contributed by atoms with van der Waals surface area (Å²) in [7, 11) is 0. The lowest BCUT2D eigenvalue weighted by Gasteiger charge is -2.09. The summed E-state index contributed by atoms with van der Waals surface area (Å²) in [6, 6.07) is 10.2. The van der Waals surface area contributed by atoms with Crippen molar-refractivity contribution in [1.82, 2.24) is 0 Å². The Kier molecular flexibility index (Phi) is 9.31. The van der Waals surface area contributed by atoms with Gasteiger partial charge in [0.15, 0.2) is 0 Å². The van der Waals surface area contributed by atoms with Crippen LogP contribution in [-0.2, 0) is 15.7 Å². The van der Waals surface area contributed by atoms with Crippen LogP contribution in [0.25, 0.3) is 0 Å². The molecule has 32 heavy (non-hydrogen) atoms. The van der Waals surface area contributed by atoms with Crippen LogP contribution >= 0.6 is 0 Å². The van der Waals surface area contributed by atoms with E-state index in [0.29, 0.717) is 24.5 Å². The number of halogens is 3. The second-order valence-electron chi connectivity index (χ2n) is 7.11. The van der Waals surface area contributed by atoms with Gasteiger partial charge in [0, 0.05) is 5.57 Å². The van der Waals surface area contributed by atoms with Gasteiger partial charge in [0.25, 0.3) is 0 Å².